The predicted octanol–water partition coefficient (Wildman–Crippen LogP) is 26.8. The van der Waals surface area contributed by atoms with Gasteiger partial charge in [-0.25, -0.2) is 0 Å². The van der Waals surface area contributed by atoms with Crippen molar-refractivity contribution < 1.29 is 8.83 Å². The maximum atomic E-state index is 6.78. The zero-order valence-electron chi connectivity index (χ0n) is 54.4. The fraction of sp³-hybridized carbons (Fsp3) is 0. The highest BCUT2D eigenvalue weighted by molar-refractivity contribution is 6.26. The van der Waals surface area contributed by atoms with Crippen LogP contribution in [0.1, 0.15) is 0 Å². The van der Waals surface area contributed by atoms with Crippen LogP contribution >= 0.6 is 0 Å². The number of para-hydroxylation sites is 5. The predicted molar refractivity (Wildman–Crippen MR) is 421 cm³/mol. The lowest BCUT2D eigenvalue weighted by molar-refractivity contribution is 0.670. The Balaban J connectivity index is 0.000000135. The van der Waals surface area contributed by atoms with Crippen LogP contribution in [0.3, 0.4) is 0 Å². The fourth-order valence-corrected chi connectivity index (χ4v) is 15.9. The summed E-state index contributed by atoms with van der Waals surface area (Å²) in [7, 11) is 0. The molecule has 17 aromatic carbocycles. The maximum absolute atomic E-state index is 6.78. The largest absolute Gasteiger partial charge is 0.455 e. The lowest BCUT2D eigenvalue weighted by Gasteiger charge is -2.14. The molecule has 0 aliphatic heterocycles. The van der Waals surface area contributed by atoms with Crippen molar-refractivity contribution in [1.82, 2.24) is 9.13 Å². The molecule has 4 heterocycles. The minimum absolute atomic E-state index is 0.914. The zero-order valence-corrected chi connectivity index (χ0v) is 54.4. The van der Waals surface area contributed by atoms with E-state index in [-0.39, 0.29) is 0 Å². The monoisotopic (exact) mass is 1270 g/mol. The summed E-state index contributed by atoms with van der Waals surface area (Å²) >= 11 is 0. The van der Waals surface area contributed by atoms with Crippen molar-refractivity contribution in [2.75, 3.05) is 0 Å². The molecule has 21 rings (SSSR count). The van der Waals surface area contributed by atoms with Crippen LogP contribution in [0, 0.1) is 0 Å². The molecule has 0 bridgehead atoms. The first-order valence-electron chi connectivity index (χ1n) is 34.3. The van der Waals surface area contributed by atoms with Gasteiger partial charge in [0.1, 0.15) is 22.3 Å². The Bertz CT molecular complexity index is 6790. The van der Waals surface area contributed by atoms with Gasteiger partial charge < -0.3 is 18.0 Å². The van der Waals surface area contributed by atoms with E-state index in [9.17, 15) is 0 Å². The molecule has 0 aliphatic carbocycles. The van der Waals surface area contributed by atoms with E-state index in [4.69, 9.17) is 8.83 Å². The number of aromatic nitrogens is 2. The minimum Gasteiger partial charge on any atom is -0.455 e. The summed E-state index contributed by atoms with van der Waals surface area (Å²) in [6, 6.07) is 131. The smallest absolute Gasteiger partial charge is 0.143 e. The van der Waals surface area contributed by atoms with Gasteiger partial charge >= 0.3 is 0 Å². The third-order valence-corrected chi connectivity index (χ3v) is 20.6. The van der Waals surface area contributed by atoms with Crippen LogP contribution in [-0.2, 0) is 0 Å². The highest BCUT2D eigenvalue weighted by Gasteiger charge is 2.22. The lowest BCUT2D eigenvalue weighted by atomic mass is 9.94. The molecule has 0 unspecified atom stereocenters. The quantitative estimate of drug-likeness (QED) is 0.142. The Morgan fingerprint density at radius 3 is 1.09 bits per heavy atom. The van der Waals surface area contributed by atoms with Crippen LogP contribution in [0.15, 0.2) is 373 Å². The summed E-state index contributed by atoms with van der Waals surface area (Å²) in [4.78, 5) is 0. The third-order valence-electron chi connectivity index (χ3n) is 20.6. The Kier molecular flexibility index (Phi) is 13.2. The maximum Gasteiger partial charge on any atom is 0.143 e. The number of benzene rings is 17. The van der Waals surface area contributed by atoms with Crippen LogP contribution in [0.4, 0.5) is 0 Å². The van der Waals surface area contributed by atoms with E-state index in [1.807, 2.05) is 6.07 Å². The average Bonchev–Trinajstić information content (AvgIpc) is 1.47. The summed E-state index contributed by atoms with van der Waals surface area (Å²) in [6.07, 6.45) is 0. The Labute approximate surface area is 576 Å². The van der Waals surface area contributed by atoms with E-state index in [1.54, 1.807) is 0 Å². The Hall–Kier alpha value is -13.3. The van der Waals surface area contributed by atoms with Crippen LogP contribution in [0.2, 0.25) is 0 Å². The van der Waals surface area contributed by atoms with Gasteiger partial charge in [-0.1, -0.05) is 285 Å². The average molecular weight is 1270 g/mol. The highest BCUT2D eigenvalue weighted by atomic mass is 16.3. The van der Waals surface area contributed by atoms with Gasteiger partial charge in [0.25, 0.3) is 0 Å². The van der Waals surface area contributed by atoms with Gasteiger partial charge in [0, 0.05) is 71.2 Å². The van der Waals surface area contributed by atoms with E-state index in [0.717, 1.165) is 88.6 Å². The standard InChI is InChI=1S/C48H29NO.C48H31NO/c1-2-11-30(12-3-1)31-21-25-45-43(27-31)44-28-32(34-18-10-19-41-40-17-8-9-20-47(40)50-48(34)41)22-26-46(44)49(45)33-23-24-39-37-15-5-4-13-35(37)36-14-6-7-16-38(36)42(39)29-33;1-3-13-32(14-4-1)34-17-9-18-35(29-34)36-19-10-20-38(30-36)49-45-26-8-7-21-41(45)44-31-37(27-28-46(44)49)40-23-12-25-43-42-24-11-22-39(47(42)50-48(40)43)33-15-5-2-6-16-33/h1-29H;1-31H. The lowest BCUT2D eigenvalue weighted by Crippen LogP contribution is -1.94. The molecule has 0 aliphatic rings. The van der Waals surface area contributed by atoms with E-state index in [0.29, 0.717) is 0 Å². The number of furan rings is 2. The summed E-state index contributed by atoms with van der Waals surface area (Å²) in [6.45, 7) is 0. The molecule has 0 fully saturated rings. The molecule has 4 aromatic heterocycles. The number of hydrogen-bond acceptors (Lipinski definition) is 2. The molecule has 21 aromatic rings. The number of hydrogen-bond donors (Lipinski definition) is 0. The van der Waals surface area contributed by atoms with Crippen LogP contribution in [-0.4, -0.2) is 9.13 Å². The van der Waals surface area contributed by atoms with Crippen molar-refractivity contribution >= 4 is 120 Å². The SMILES string of the molecule is c1ccc(-c2ccc3c(c2)c2cc(-c4cccc5c4oc4ccccc45)ccc2n3-c2ccc3c4ccccc4c4ccccc4c3c2)cc1.c1ccc(-c2cccc(-c3cccc(-n4c5ccccc5c5cc(-c6cccc7c6oc6c(-c8ccccc8)cccc67)ccc54)c3)c2)cc1. The molecule has 0 N–H and O–H groups in total. The Morgan fingerprint density at radius 1 is 0.160 bits per heavy atom. The van der Waals surface area contributed by atoms with Crippen LogP contribution < -0.4 is 0 Å². The molecule has 4 heteroatoms. The van der Waals surface area contributed by atoms with E-state index < -0.39 is 0 Å². The Morgan fingerprint density at radius 2 is 0.510 bits per heavy atom. The van der Waals surface area contributed by atoms with E-state index in [2.05, 4.69) is 367 Å². The van der Waals surface area contributed by atoms with Gasteiger partial charge in [-0.2, -0.15) is 0 Å². The molecular weight excluding hydrogens is 1210 g/mol. The zero-order chi connectivity index (χ0) is 65.8. The van der Waals surface area contributed by atoms with Gasteiger partial charge in [-0.05, 0) is 161 Å². The molecule has 0 saturated heterocycles. The number of nitrogens with zero attached hydrogens (tertiary/aromatic N) is 2. The number of fused-ring (bicyclic) bond motifs is 18. The molecule has 4 nitrogen and oxygen atoms in total. The summed E-state index contributed by atoms with van der Waals surface area (Å²) in [5.74, 6) is 0. The van der Waals surface area contributed by atoms with Gasteiger partial charge in [0.2, 0.25) is 0 Å². The van der Waals surface area contributed by atoms with Crippen molar-refractivity contribution in [2.45, 2.75) is 0 Å². The summed E-state index contributed by atoms with van der Waals surface area (Å²) in [5.41, 5.74) is 24.7. The second-order valence-corrected chi connectivity index (χ2v) is 26.2. The van der Waals surface area contributed by atoms with Crippen LogP contribution in [0.25, 0.3) is 198 Å². The summed E-state index contributed by atoms with van der Waals surface area (Å²) < 4.78 is 18.1. The van der Waals surface area contributed by atoms with E-state index >= 15 is 0 Å². The van der Waals surface area contributed by atoms with Gasteiger partial charge in [-0.15, -0.1) is 0 Å². The van der Waals surface area contributed by atoms with Crippen molar-refractivity contribution in [3.05, 3.63) is 364 Å². The molecule has 466 valence electrons. The molecule has 0 spiro atoms. The molecule has 0 atom stereocenters. The van der Waals surface area contributed by atoms with E-state index in [1.165, 1.54) is 109 Å². The van der Waals surface area contributed by atoms with Crippen molar-refractivity contribution in [3.63, 3.8) is 0 Å². The van der Waals surface area contributed by atoms with Crippen molar-refractivity contribution in [1.29, 1.82) is 0 Å². The fourth-order valence-electron chi connectivity index (χ4n) is 15.9. The van der Waals surface area contributed by atoms with Crippen molar-refractivity contribution in [3.8, 4) is 78.1 Å². The second-order valence-electron chi connectivity index (χ2n) is 26.2. The van der Waals surface area contributed by atoms with Gasteiger partial charge in [-0.3, -0.25) is 0 Å². The first-order chi connectivity index (χ1) is 49.6. The molecular formula is C96H60N2O2. The first kappa shape index (κ1) is 57.0. The number of rotatable bonds is 8. The highest BCUT2D eigenvalue weighted by Crippen LogP contribution is 2.45. The first-order valence-corrected chi connectivity index (χ1v) is 34.3. The summed E-state index contributed by atoms with van der Waals surface area (Å²) in [5, 5.41) is 17.1. The van der Waals surface area contributed by atoms with Crippen molar-refractivity contribution in [2.24, 2.45) is 0 Å². The molecule has 0 amide bonds. The molecule has 100 heavy (non-hydrogen) atoms. The molecule has 0 radical (unpaired) electrons. The van der Waals surface area contributed by atoms with Crippen LogP contribution in [0.5, 0.6) is 0 Å². The third kappa shape index (κ3) is 9.30. The normalized spacial score (nSPS) is 11.8. The minimum atomic E-state index is 0.914. The second kappa shape index (κ2) is 23.2. The molecule has 0 saturated carbocycles. The van der Waals surface area contributed by atoms with Gasteiger partial charge in [0.15, 0.2) is 0 Å². The topological polar surface area (TPSA) is 36.1 Å². The van der Waals surface area contributed by atoms with Gasteiger partial charge in [0.05, 0.1) is 22.1 Å².